The molecule has 6 nitrogen and oxygen atoms in total. The van der Waals surface area contributed by atoms with Crippen molar-refractivity contribution in [3.05, 3.63) is 23.8 Å². The zero-order valence-electron chi connectivity index (χ0n) is 12.7. The quantitative estimate of drug-likeness (QED) is 0.802. The summed E-state index contributed by atoms with van der Waals surface area (Å²) in [4.78, 5) is 27.6. The van der Waals surface area contributed by atoms with E-state index in [9.17, 15) is 9.59 Å². The molecule has 1 aromatic rings. The summed E-state index contributed by atoms with van der Waals surface area (Å²) < 4.78 is 0. The number of rotatable bonds is 3. The monoisotopic (exact) mass is 290 g/mol. The number of amides is 2. The predicted molar refractivity (Wildman–Crippen MR) is 82.9 cm³/mol. The van der Waals surface area contributed by atoms with E-state index in [0.717, 1.165) is 5.56 Å². The van der Waals surface area contributed by atoms with Crippen molar-refractivity contribution < 1.29 is 9.59 Å². The van der Waals surface area contributed by atoms with Gasteiger partial charge in [-0.2, -0.15) is 0 Å². The number of nitrogen functional groups attached to an aromatic ring is 1. The minimum atomic E-state index is -0.358. The molecule has 1 fully saturated rings. The highest BCUT2D eigenvalue weighted by Gasteiger charge is 2.28. The molecule has 1 aromatic carbocycles. The number of nitrogens with one attached hydrogen (secondary N) is 1. The van der Waals surface area contributed by atoms with Crippen LogP contribution < -0.4 is 11.1 Å². The lowest BCUT2D eigenvalue weighted by Gasteiger charge is -2.35. The fourth-order valence-electron chi connectivity index (χ4n) is 2.30. The van der Waals surface area contributed by atoms with Crippen LogP contribution in [0, 0.1) is 6.92 Å². The van der Waals surface area contributed by atoms with Gasteiger partial charge in [0.25, 0.3) is 0 Å². The van der Waals surface area contributed by atoms with E-state index in [0.29, 0.717) is 24.5 Å². The van der Waals surface area contributed by atoms with Crippen LogP contribution in [-0.2, 0) is 9.59 Å². The van der Waals surface area contributed by atoms with Gasteiger partial charge in [0.1, 0.15) is 0 Å². The van der Waals surface area contributed by atoms with Crippen molar-refractivity contribution in [1.29, 1.82) is 0 Å². The van der Waals surface area contributed by atoms with Crippen LogP contribution in [0.15, 0.2) is 18.2 Å². The molecule has 0 saturated carbocycles. The van der Waals surface area contributed by atoms with E-state index in [4.69, 9.17) is 5.73 Å². The van der Waals surface area contributed by atoms with Gasteiger partial charge in [-0.05, 0) is 31.5 Å². The van der Waals surface area contributed by atoms with Crippen molar-refractivity contribution >= 4 is 23.2 Å². The summed E-state index contributed by atoms with van der Waals surface area (Å²) in [6.45, 7) is 5.31. The molecular weight excluding hydrogens is 268 g/mol. The lowest BCUT2D eigenvalue weighted by molar-refractivity contribution is -0.136. The van der Waals surface area contributed by atoms with Gasteiger partial charge in [0, 0.05) is 31.5 Å². The lowest BCUT2D eigenvalue weighted by atomic mass is 10.1. The Morgan fingerprint density at radius 1 is 1.38 bits per heavy atom. The van der Waals surface area contributed by atoms with E-state index in [1.807, 2.05) is 30.9 Å². The maximum atomic E-state index is 12.3. The van der Waals surface area contributed by atoms with E-state index in [1.54, 1.807) is 18.0 Å². The molecule has 1 atom stereocenters. The second-order valence-corrected chi connectivity index (χ2v) is 5.47. The molecule has 1 heterocycles. The maximum Gasteiger partial charge on any atom is 0.241 e. The fraction of sp³-hybridized carbons (Fsp3) is 0.467. The van der Waals surface area contributed by atoms with Crippen molar-refractivity contribution in [2.75, 3.05) is 37.7 Å². The van der Waals surface area contributed by atoms with E-state index < -0.39 is 0 Å². The van der Waals surface area contributed by atoms with Crippen molar-refractivity contribution in [3.8, 4) is 0 Å². The molecule has 1 saturated heterocycles. The standard InChI is InChI=1S/C15H22N4O2/c1-10-12(16)5-4-6-13(10)17-15(21)11(2)19-8-7-18(3)14(20)9-19/h4-6,11H,7-9,16H2,1-3H3,(H,17,21). The van der Waals surface area contributed by atoms with Crippen LogP contribution in [0.4, 0.5) is 11.4 Å². The first-order valence-electron chi connectivity index (χ1n) is 7.04. The summed E-state index contributed by atoms with van der Waals surface area (Å²) in [5.74, 6) is -0.0814. The van der Waals surface area contributed by atoms with Gasteiger partial charge in [0.05, 0.1) is 12.6 Å². The molecule has 0 aliphatic carbocycles. The third-order valence-electron chi connectivity index (χ3n) is 4.05. The molecule has 0 spiro atoms. The van der Waals surface area contributed by atoms with E-state index in [-0.39, 0.29) is 24.4 Å². The molecular formula is C15H22N4O2. The Morgan fingerprint density at radius 3 is 2.76 bits per heavy atom. The summed E-state index contributed by atoms with van der Waals surface area (Å²) in [6, 6.07) is 5.07. The molecule has 1 unspecified atom stereocenters. The largest absolute Gasteiger partial charge is 0.398 e. The summed E-state index contributed by atoms with van der Waals surface area (Å²) in [5.41, 5.74) is 8.05. The topological polar surface area (TPSA) is 78.7 Å². The minimum absolute atomic E-state index is 0.0426. The molecule has 3 N–H and O–H groups in total. The average Bonchev–Trinajstić information content (AvgIpc) is 2.46. The number of nitrogens with zero attached hydrogens (tertiary/aromatic N) is 2. The number of benzene rings is 1. The molecule has 2 rings (SSSR count). The van der Waals surface area contributed by atoms with Crippen LogP contribution in [0.3, 0.4) is 0 Å². The number of carbonyl (C=O) groups excluding carboxylic acids is 2. The van der Waals surface area contributed by atoms with E-state index in [1.165, 1.54) is 0 Å². The summed E-state index contributed by atoms with van der Waals surface area (Å²) in [5, 5.41) is 2.89. The molecule has 0 bridgehead atoms. The molecule has 1 aliphatic heterocycles. The Hall–Kier alpha value is -2.08. The Bertz CT molecular complexity index is 559. The van der Waals surface area contributed by atoms with Crippen molar-refractivity contribution in [3.63, 3.8) is 0 Å². The molecule has 2 amide bonds. The molecule has 0 radical (unpaired) electrons. The van der Waals surface area contributed by atoms with Crippen molar-refractivity contribution in [1.82, 2.24) is 9.80 Å². The number of piperazine rings is 1. The fourth-order valence-corrected chi connectivity index (χ4v) is 2.30. The molecule has 6 heteroatoms. The highest BCUT2D eigenvalue weighted by Crippen LogP contribution is 2.21. The normalized spacial score (nSPS) is 17.7. The smallest absolute Gasteiger partial charge is 0.241 e. The van der Waals surface area contributed by atoms with Crippen LogP contribution in [0.2, 0.25) is 0 Å². The number of nitrogens with two attached hydrogens (primary N) is 1. The van der Waals surface area contributed by atoms with Crippen LogP contribution >= 0.6 is 0 Å². The number of hydrogen-bond acceptors (Lipinski definition) is 4. The van der Waals surface area contributed by atoms with Crippen LogP contribution in [0.1, 0.15) is 12.5 Å². The van der Waals surface area contributed by atoms with Crippen LogP contribution in [0.25, 0.3) is 0 Å². The first-order valence-corrected chi connectivity index (χ1v) is 7.04. The molecule has 21 heavy (non-hydrogen) atoms. The van der Waals surface area contributed by atoms with Gasteiger partial charge in [-0.15, -0.1) is 0 Å². The number of hydrogen-bond donors (Lipinski definition) is 2. The third-order valence-corrected chi connectivity index (χ3v) is 4.05. The summed E-state index contributed by atoms with van der Waals surface area (Å²) in [7, 11) is 1.78. The number of carbonyl (C=O) groups is 2. The van der Waals surface area contributed by atoms with Gasteiger partial charge >= 0.3 is 0 Å². The minimum Gasteiger partial charge on any atom is -0.398 e. The number of likely N-dealkylation sites (N-methyl/N-ethyl adjacent to an activating group) is 1. The maximum absolute atomic E-state index is 12.3. The highest BCUT2D eigenvalue weighted by molar-refractivity contribution is 5.96. The lowest BCUT2D eigenvalue weighted by Crippen LogP contribution is -2.54. The van der Waals surface area contributed by atoms with Gasteiger partial charge in [-0.25, -0.2) is 0 Å². The average molecular weight is 290 g/mol. The Morgan fingerprint density at radius 2 is 2.10 bits per heavy atom. The molecule has 114 valence electrons. The van der Waals surface area contributed by atoms with Crippen LogP contribution in [0.5, 0.6) is 0 Å². The van der Waals surface area contributed by atoms with E-state index in [2.05, 4.69) is 5.32 Å². The van der Waals surface area contributed by atoms with Crippen molar-refractivity contribution in [2.45, 2.75) is 19.9 Å². The Labute approximate surface area is 124 Å². The van der Waals surface area contributed by atoms with Crippen LogP contribution in [-0.4, -0.2) is 54.3 Å². The van der Waals surface area contributed by atoms with Gasteiger partial charge < -0.3 is 16.0 Å². The molecule has 0 aromatic heterocycles. The highest BCUT2D eigenvalue weighted by atomic mass is 16.2. The first-order chi connectivity index (χ1) is 9.90. The van der Waals surface area contributed by atoms with Gasteiger partial charge in [-0.1, -0.05) is 6.07 Å². The number of anilines is 2. The SMILES string of the molecule is Cc1c(N)cccc1NC(=O)C(C)N1CCN(C)C(=O)C1. The Balaban J connectivity index is 2.03. The van der Waals surface area contributed by atoms with Gasteiger partial charge in [-0.3, -0.25) is 14.5 Å². The Kier molecular flexibility index (Phi) is 4.47. The second-order valence-electron chi connectivity index (χ2n) is 5.47. The van der Waals surface area contributed by atoms with E-state index >= 15 is 0 Å². The first kappa shape index (κ1) is 15.3. The van der Waals surface area contributed by atoms with Crippen molar-refractivity contribution in [2.24, 2.45) is 0 Å². The van der Waals surface area contributed by atoms with Gasteiger partial charge in [0.2, 0.25) is 11.8 Å². The summed E-state index contributed by atoms with van der Waals surface area (Å²) >= 11 is 0. The summed E-state index contributed by atoms with van der Waals surface area (Å²) in [6.07, 6.45) is 0. The predicted octanol–water partition coefficient (Wildman–Crippen LogP) is 0.678. The second kappa shape index (κ2) is 6.13. The molecule has 1 aliphatic rings. The zero-order chi connectivity index (χ0) is 15.6. The third kappa shape index (κ3) is 3.33. The zero-order valence-corrected chi connectivity index (χ0v) is 12.7. The van der Waals surface area contributed by atoms with Gasteiger partial charge in [0.15, 0.2) is 0 Å².